The molecule has 4 nitrogen and oxygen atoms in total. The molecule has 0 aromatic heterocycles. The molecule has 1 atom stereocenters. The van der Waals surface area contributed by atoms with Gasteiger partial charge in [-0.15, -0.1) is 0 Å². The SMILES string of the molecule is C=S1(=O)CN(C(C)(C)C)C(=O)N1. The van der Waals surface area contributed by atoms with Crippen LogP contribution in [0.5, 0.6) is 0 Å². The normalized spacial score (nSPS) is 30.6. The molecule has 1 heterocycles. The third-order valence-corrected chi connectivity index (χ3v) is 2.89. The number of nitrogens with one attached hydrogen (secondary N) is 1. The molecule has 0 aromatic rings. The van der Waals surface area contributed by atoms with Crippen molar-refractivity contribution >= 4 is 21.6 Å². The van der Waals surface area contributed by atoms with E-state index < -0.39 is 9.71 Å². The third-order valence-electron chi connectivity index (χ3n) is 1.67. The van der Waals surface area contributed by atoms with E-state index >= 15 is 0 Å². The van der Waals surface area contributed by atoms with Crippen LogP contribution < -0.4 is 4.72 Å². The molecule has 1 saturated heterocycles. The van der Waals surface area contributed by atoms with Crippen molar-refractivity contribution in [3.05, 3.63) is 0 Å². The van der Waals surface area contributed by atoms with Crippen LogP contribution in [0, 0.1) is 0 Å². The quantitative estimate of drug-likeness (QED) is 0.562. The molecule has 1 aliphatic heterocycles. The molecular weight excluding hydrogens is 176 g/mol. The van der Waals surface area contributed by atoms with Crippen molar-refractivity contribution < 1.29 is 9.00 Å². The molecule has 1 rings (SSSR count). The maximum Gasteiger partial charge on any atom is 0.330 e. The second-order valence-electron chi connectivity index (χ2n) is 3.95. The van der Waals surface area contributed by atoms with Crippen LogP contribution in [0.1, 0.15) is 20.8 Å². The second kappa shape index (κ2) is 2.39. The molecule has 70 valence electrons. The van der Waals surface area contributed by atoms with Gasteiger partial charge in [0.05, 0.1) is 9.71 Å². The largest absolute Gasteiger partial charge is 0.330 e. The summed E-state index contributed by atoms with van der Waals surface area (Å²) in [6.45, 7) is 5.69. The van der Waals surface area contributed by atoms with E-state index in [9.17, 15) is 9.00 Å². The number of hydrogen-bond acceptors (Lipinski definition) is 2. The average Bonchev–Trinajstić information content (AvgIpc) is 2.03. The molecule has 1 unspecified atom stereocenters. The van der Waals surface area contributed by atoms with Crippen molar-refractivity contribution in [3.8, 4) is 0 Å². The Hall–Kier alpha value is -0.710. The van der Waals surface area contributed by atoms with Gasteiger partial charge in [-0.05, 0) is 26.6 Å². The lowest BCUT2D eigenvalue weighted by Crippen LogP contribution is -2.43. The predicted octanol–water partition coefficient (Wildman–Crippen LogP) is 0.399. The Morgan fingerprint density at radius 1 is 1.58 bits per heavy atom. The van der Waals surface area contributed by atoms with Crippen LogP contribution in [0.2, 0.25) is 0 Å². The fraction of sp³-hybridized carbons (Fsp3) is 0.714. The van der Waals surface area contributed by atoms with E-state index in [0.29, 0.717) is 0 Å². The zero-order chi connectivity index (χ0) is 9.57. The number of carbonyl (C=O) groups excluding carboxylic acids is 1. The molecule has 1 aliphatic rings. The van der Waals surface area contributed by atoms with Gasteiger partial charge < -0.3 is 4.90 Å². The highest BCUT2D eigenvalue weighted by Crippen LogP contribution is 2.18. The Morgan fingerprint density at radius 2 is 2.08 bits per heavy atom. The summed E-state index contributed by atoms with van der Waals surface area (Å²) >= 11 is 0. The van der Waals surface area contributed by atoms with E-state index in [1.165, 1.54) is 4.90 Å². The first-order chi connectivity index (χ1) is 5.22. The first-order valence-electron chi connectivity index (χ1n) is 3.67. The highest BCUT2D eigenvalue weighted by atomic mass is 32.2. The summed E-state index contributed by atoms with van der Waals surface area (Å²) in [5.74, 6) is 3.64. The van der Waals surface area contributed by atoms with Gasteiger partial charge in [0.15, 0.2) is 0 Å². The van der Waals surface area contributed by atoms with Crippen LogP contribution in [-0.4, -0.2) is 32.4 Å². The summed E-state index contributed by atoms with van der Waals surface area (Å²) in [6, 6.07) is -0.289. The molecule has 0 bridgehead atoms. The van der Waals surface area contributed by atoms with Crippen LogP contribution in [0.15, 0.2) is 0 Å². The number of carbonyl (C=O) groups is 1. The van der Waals surface area contributed by atoms with E-state index in [1.807, 2.05) is 20.8 Å². The van der Waals surface area contributed by atoms with Gasteiger partial charge in [-0.2, -0.15) is 0 Å². The standard InChI is InChI=1S/C7H14N2O2S/c1-7(2,3)9-5-12(4,11)8-6(9)10/h4-5H2,1-3H3,(H,8,10,11). The predicted molar refractivity (Wildman–Crippen MR) is 50.3 cm³/mol. The van der Waals surface area contributed by atoms with Crippen molar-refractivity contribution in [2.24, 2.45) is 0 Å². The second-order valence-corrected chi connectivity index (χ2v) is 6.03. The van der Waals surface area contributed by atoms with Gasteiger partial charge in [0, 0.05) is 5.54 Å². The highest BCUT2D eigenvalue weighted by molar-refractivity contribution is 7.99. The fourth-order valence-electron chi connectivity index (χ4n) is 1.01. The van der Waals surface area contributed by atoms with Gasteiger partial charge in [-0.25, -0.2) is 9.00 Å². The Bertz CT molecular complexity index is 300. The van der Waals surface area contributed by atoms with Gasteiger partial charge in [-0.3, -0.25) is 4.72 Å². The van der Waals surface area contributed by atoms with E-state index in [4.69, 9.17) is 0 Å². The number of amides is 2. The molecule has 0 aromatic carbocycles. The van der Waals surface area contributed by atoms with Gasteiger partial charge in [0.25, 0.3) is 0 Å². The Morgan fingerprint density at radius 3 is 2.25 bits per heavy atom. The summed E-state index contributed by atoms with van der Waals surface area (Å²) in [5, 5.41) is 0. The lowest BCUT2D eigenvalue weighted by Gasteiger charge is -2.29. The van der Waals surface area contributed by atoms with Crippen LogP contribution >= 0.6 is 0 Å². The molecular formula is C7H14N2O2S. The highest BCUT2D eigenvalue weighted by Gasteiger charge is 2.35. The summed E-state index contributed by atoms with van der Waals surface area (Å²) in [4.78, 5) is 12.8. The van der Waals surface area contributed by atoms with Crippen molar-refractivity contribution in [1.29, 1.82) is 0 Å². The zero-order valence-corrected chi connectivity index (χ0v) is 8.40. The molecule has 12 heavy (non-hydrogen) atoms. The average molecular weight is 190 g/mol. The van der Waals surface area contributed by atoms with E-state index in [2.05, 4.69) is 10.6 Å². The van der Waals surface area contributed by atoms with Crippen LogP contribution in [0.4, 0.5) is 4.79 Å². The maximum atomic E-state index is 11.4. The molecule has 0 spiro atoms. The minimum Gasteiger partial charge on any atom is -0.306 e. The van der Waals surface area contributed by atoms with Crippen molar-refractivity contribution in [2.45, 2.75) is 26.3 Å². The number of hydrogen-bond donors (Lipinski definition) is 1. The first kappa shape index (κ1) is 9.38. The molecule has 0 saturated carbocycles. The lowest BCUT2D eigenvalue weighted by molar-refractivity contribution is 0.173. The van der Waals surface area contributed by atoms with Gasteiger partial charge >= 0.3 is 6.03 Å². The van der Waals surface area contributed by atoms with Gasteiger partial charge in [-0.1, -0.05) is 0 Å². The Kier molecular flexibility index (Phi) is 1.87. The summed E-state index contributed by atoms with van der Waals surface area (Å²) in [5.41, 5.74) is -0.291. The minimum absolute atomic E-state index is 0.204. The molecule has 0 aliphatic carbocycles. The summed E-state index contributed by atoms with van der Waals surface area (Å²) in [7, 11) is -2.40. The molecule has 0 radical (unpaired) electrons. The van der Waals surface area contributed by atoms with E-state index in [0.717, 1.165) is 0 Å². The lowest BCUT2D eigenvalue weighted by atomic mass is 10.1. The van der Waals surface area contributed by atoms with E-state index in [-0.39, 0.29) is 17.4 Å². The van der Waals surface area contributed by atoms with Crippen LogP contribution in [0.3, 0.4) is 0 Å². The van der Waals surface area contributed by atoms with Crippen LogP contribution in [0.25, 0.3) is 0 Å². The smallest absolute Gasteiger partial charge is 0.306 e. The fourth-order valence-corrected chi connectivity index (χ4v) is 2.43. The topological polar surface area (TPSA) is 49.4 Å². The van der Waals surface area contributed by atoms with Gasteiger partial charge in [0.2, 0.25) is 0 Å². The molecule has 1 N–H and O–H groups in total. The summed E-state index contributed by atoms with van der Waals surface area (Å²) < 4.78 is 13.7. The van der Waals surface area contributed by atoms with Crippen LogP contribution in [-0.2, 0) is 9.71 Å². The summed E-state index contributed by atoms with van der Waals surface area (Å²) in [6.07, 6.45) is 0. The molecule has 1 fully saturated rings. The Labute approximate surface area is 73.1 Å². The number of nitrogens with zero attached hydrogens (tertiary/aromatic N) is 1. The maximum absolute atomic E-state index is 11.4. The van der Waals surface area contributed by atoms with Crippen molar-refractivity contribution in [2.75, 3.05) is 5.88 Å². The molecule has 5 heteroatoms. The van der Waals surface area contributed by atoms with Crippen molar-refractivity contribution in [3.63, 3.8) is 0 Å². The molecule has 2 amide bonds. The minimum atomic E-state index is -2.40. The van der Waals surface area contributed by atoms with Gasteiger partial charge in [0.1, 0.15) is 5.88 Å². The first-order valence-corrected chi connectivity index (χ1v) is 5.56. The number of urea groups is 1. The third kappa shape index (κ3) is 1.72. The Balaban J connectivity index is 2.93. The van der Waals surface area contributed by atoms with E-state index in [1.54, 1.807) is 0 Å². The van der Waals surface area contributed by atoms with Crippen molar-refractivity contribution in [1.82, 2.24) is 9.62 Å². The monoisotopic (exact) mass is 190 g/mol. The zero-order valence-electron chi connectivity index (χ0n) is 7.59. The number of rotatable bonds is 0.